The molecule has 0 unspecified atom stereocenters. The van der Waals surface area contributed by atoms with Crippen molar-refractivity contribution in [1.29, 1.82) is 0 Å². The molecule has 1 aromatic carbocycles. The third-order valence-corrected chi connectivity index (χ3v) is 7.00. The summed E-state index contributed by atoms with van der Waals surface area (Å²) in [6.07, 6.45) is 3.65. The molecule has 0 spiro atoms. The van der Waals surface area contributed by atoms with E-state index in [4.69, 9.17) is 9.47 Å². The Bertz CT molecular complexity index is 1110. The van der Waals surface area contributed by atoms with Gasteiger partial charge in [0.15, 0.2) is 0 Å². The van der Waals surface area contributed by atoms with Crippen LogP contribution in [0.4, 0.5) is 0 Å². The number of benzene rings is 1. The van der Waals surface area contributed by atoms with Crippen molar-refractivity contribution < 1.29 is 19.4 Å². The van der Waals surface area contributed by atoms with Gasteiger partial charge in [-0.15, -0.1) is 0 Å². The third-order valence-electron chi connectivity index (χ3n) is 7.00. The second kappa shape index (κ2) is 10.5. The Hall–Kier alpha value is -2.94. The highest BCUT2D eigenvalue weighted by Gasteiger charge is 2.55. The summed E-state index contributed by atoms with van der Waals surface area (Å²) in [5, 5.41) is 13.4. The lowest BCUT2D eigenvalue weighted by Crippen LogP contribution is -2.46. The van der Waals surface area contributed by atoms with Gasteiger partial charge in [0.25, 0.3) is 5.56 Å². The first-order chi connectivity index (χ1) is 16.5. The number of carbonyl (C=O) groups is 1. The number of pyridine rings is 1. The van der Waals surface area contributed by atoms with Crippen LogP contribution in [0.1, 0.15) is 29.8 Å². The Labute approximate surface area is 199 Å². The van der Waals surface area contributed by atoms with Gasteiger partial charge in [-0.25, -0.2) is 0 Å². The summed E-state index contributed by atoms with van der Waals surface area (Å²) < 4.78 is 12.4. The average molecular weight is 468 g/mol. The van der Waals surface area contributed by atoms with Gasteiger partial charge < -0.3 is 24.5 Å². The van der Waals surface area contributed by atoms with E-state index in [1.807, 2.05) is 49.4 Å². The molecule has 34 heavy (non-hydrogen) atoms. The number of carbonyl (C=O) groups excluding carboxylic acids is 1. The van der Waals surface area contributed by atoms with Gasteiger partial charge in [0.1, 0.15) is 5.75 Å². The van der Waals surface area contributed by atoms with Crippen LogP contribution in [0, 0.1) is 11.8 Å². The van der Waals surface area contributed by atoms with Crippen LogP contribution in [-0.2, 0) is 22.6 Å². The fourth-order valence-corrected chi connectivity index (χ4v) is 5.49. The molecule has 0 aliphatic carbocycles. The van der Waals surface area contributed by atoms with E-state index in [9.17, 15) is 14.7 Å². The molecule has 4 rings (SSSR count). The number of allylic oxidation sites excluding steroid dienone is 1. The molecule has 0 radical (unpaired) electrons. The minimum Gasteiger partial charge on any atom is -0.496 e. The molecule has 1 aromatic heterocycles. The van der Waals surface area contributed by atoms with Crippen molar-refractivity contribution in [2.45, 2.75) is 32.1 Å². The van der Waals surface area contributed by atoms with Crippen molar-refractivity contribution in [3.05, 3.63) is 69.6 Å². The number of fused-ring (bicyclic) bond motifs is 4. The molecule has 0 saturated carbocycles. The van der Waals surface area contributed by atoms with Gasteiger partial charge in [0.2, 0.25) is 5.91 Å². The van der Waals surface area contributed by atoms with Crippen LogP contribution in [0.15, 0.2) is 47.3 Å². The minimum absolute atomic E-state index is 0.0697. The normalized spacial score (nSPS) is 23.8. The molecular formula is C26H33N3O5. The highest BCUT2D eigenvalue weighted by atomic mass is 16.5. The zero-order chi connectivity index (χ0) is 24.2. The quantitative estimate of drug-likeness (QED) is 0.547. The van der Waals surface area contributed by atoms with E-state index in [0.717, 1.165) is 17.0 Å². The Kier molecular flexibility index (Phi) is 7.50. The van der Waals surface area contributed by atoms with Crippen molar-refractivity contribution in [2.24, 2.45) is 11.8 Å². The molecule has 1 amide bonds. The largest absolute Gasteiger partial charge is 0.496 e. The highest BCUT2D eigenvalue weighted by Crippen LogP contribution is 2.49. The van der Waals surface area contributed by atoms with Gasteiger partial charge in [0.05, 0.1) is 25.7 Å². The summed E-state index contributed by atoms with van der Waals surface area (Å²) in [5.41, 5.74) is 2.34. The Morgan fingerprint density at radius 1 is 1.24 bits per heavy atom. The van der Waals surface area contributed by atoms with Gasteiger partial charge >= 0.3 is 0 Å². The fourth-order valence-electron chi connectivity index (χ4n) is 5.49. The second-order valence-corrected chi connectivity index (χ2v) is 8.78. The van der Waals surface area contributed by atoms with Crippen molar-refractivity contribution in [1.82, 2.24) is 14.8 Å². The van der Waals surface area contributed by atoms with Crippen LogP contribution in [0.2, 0.25) is 0 Å². The fraction of sp³-hybridized carbons (Fsp3) is 0.462. The van der Waals surface area contributed by atoms with Crippen LogP contribution in [-0.4, -0.2) is 60.5 Å². The molecule has 1 fully saturated rings. The average Bonchev–Trinajstić information content (AvgIpc) is 3.05. The van der Waals surface area contributed by atoms with Crippen LogP contribution in [0.25, 0.3) is 6.08 Å². The van der Waals surface area contributed by atoms with Crippen molar-refractivity contribution >= 4 is 12.0 Å². The van der Waals surface area contributed by atoms with Crippen LogP contribution >= 0.6 is 0 Å². The number of methoxy groups -OCH3 is 2. The molecule has 2 aliphatic rings. The number of nitrogens with zero attached hydrogens (tertiary/aromatic N) is 2. The summed E-state index contributed by atoms with van der Waals surface area (Å²) >= 11 is 0. The summed E-state index contributed by atoms with van der Waals surface area (Å²) in [6.45, 7) is 3.49. The van der Waals surface area contributed by atoms with Crippen molar-refractivity contribution in [3.63, 3.8) is 0 Å². The van der Waals surface area contributed by atoms with Gasteiger partial charge in [-0.05, 0) is 25.1 Å². The number of ether oxygens (including phenoxy) is 2. The van der Waals surface area contributed by atoms with Crippen LogP contribution in [0.3, 0.4) is 0 Å². The molecule has 2 aliphatic heterocycles. The molecule has 3 heterocycles. The topological polar surface area (TPSA) is 93.0 Å². The van der Waals surface area contributed by atoms with E-state index in [-0.39, 0.29) is 36.1 Å². The standard InChI is InChI=1S/C26H33N3O5/c1-4-7-17-10-11-20-24-23(25(31)27-12-13-33-2)19(16-30)21(15-29(20)26(17)32)28(24)14-18-8-5-6-9-22(18)34-3/h4-11,19,21,23-24,30H,12-16H2,1-3H3,(H,27,31)/b7-4-/t19-,21-,23+,24+/m1/s1. The third kappa shape index (κ3) is 4.29. The predicted molar refractivity (Wildman–Crippen MR) is 129 cm³/mol. The number of aromatic nitrogens is 1. The van der Waals surface area contributed by atoms with Crippen molar-refractivity contribution in [3.8, 4) is 5.75 Å². The molecule has 1 saturated heterocycles. The molecule has 2 bridgehead atoms. The smallest absolute Gasteiger partial charge is 0.258 e. The number of aliphatic hydroxyl groups is 1. The Balaban J connectivity index is 1.79. The SMILES string of the molecule is C/C=C\c1ccc2n(c1=O)C[C@@H]1[C@@H](CO)[C@H](C(=O)NCCOC)[C@H]2N1Cc1ccccc1OC. The zero-order valence-corrected chi connectivity index (χ0v) is 19.9. The molecule has 2 N–H and O–H groups in total. The highest BCUT2D eigenvalue weighted by molar-refractivity contribution is 5.80. The number of amides is 1. The first-order valence-corrected chi connectivity index (χ1v) is 11.7. The van der Waals surface area contributed by atoms with Gasteiger partial charge in [-0.3, -0.25) is 14.5 Å². The monoisotopic (exact) mass is 467 g/mol. The van der Waals surface area contributed by atoms with E-state index >= 15 is 0 Å². The molecule has 182 valence electrons. The molecule has 8 nitrogen and oxygen atoms in total. The van der Waals surface area contributed by atoms with Gasteiger partial charge in [-0.1, -0.05) is 30.4 Å². The number of hydrogen-bond acceptors (Lipinski definition) is 6. The predicted octanol–water partition coefficient (Wildman–Crippen LogP) is 1.82. The first kappa shape index (κ1) is 24.2. The molecule has 8 heteroatoms. The summed E-state index contributed by atoms with van der Waals surface area (Å²) in [5.74, 6) is -0.170. The number of para-hydroxylation sites is 1. The zero-order valence-electron chi connectivity index (χ0n) is 19.9. The van der Waals surface area contributed by atoms with Crippen molar-refractivity contribution in [2.75, 3.05) is 34.0 Å². The number of aliphatic hydroxyl groups excluding tert-OH is 1. The van der Waals surface area contributed by atoms with Gasteiger partial charge in [-0.2, -0.15) is 0 Å². The maximum Gasteiger partial charge on any atom is 0.258 e. The lowest BCUT2D eigenvalue weighted by atomic mass is 9.86. The summed E-state index contributed by atoms with van der Waals surface area (Å²) in [7, 11) is 3.23. The first-order valence-electron chi connectivity index (χ1n) is 11.7. The number of nitrogens with one attached hydrogen (secondary N) is 1. The maximum atomic E-state index is 13.4. The molecule has 4 atom stereocenters. The summed E-state index contributed by atoms with van der Waals surface area (Å²) in [6, 6.07) is 11.1. The van der Waals surface area contributed by atoms with Crippen LogP contribution in [0.5, 0.6) is 5.75 Å². The van der Waals surface area contributed by atoms with E-state index in [1.54, 1.807) is 24.9 Å². The Morgan fingerprint density at radius 3 is 2.74 bits per heavy atom. The molecule has 2 aromatic rings. The van der Waals surface area contributed by atoms with Crippen LogP contribution < -0.4 is 15.6 Å². The Morgan fingerprint density at radius 2 is 2.03 bits per heavy atom. The van der Waals surface area contributed by atoms with Gasteiger partial charge in [0, 0.05) is 62.1 Å². The lowest BCUT2D eigenvalue weighted by Gasteiger charge is -2.38. The van der Waals surface area contributed by atoms with E-state index < -0.39 is 5.92 Å². The summed E-state index contributed by atoms with van der Waals surface area (Å²) in [4.78, 5) is 28.9. The van der Waals surface area contributed by atoms with E-state index in [0.29, 0.717) is 31.8 Å². The maximum absolute atomic E-state index is 13.4. The second-order valence-electron chi connectivity index (χ2n) is 8.78. The lowest BCUT2D eigenvalue weighted by molar-refractivity contribution is -0.127. The minimum atomic E-state index is -0.498. The number of rotatable bonds is 9. The molecular weight excluding hydrogens is 434 g/mol. The van der Waals surface area contributed by atoms with E-state index in [2.05, 4.69) is 10.2 Å². The number of hydrogen-bond donors (Lipinski definition) is 2. The van der Waals surface area contributed by atoms with E-state index in [1.165, 1.54) is 0 Å².